The standard InChI is InChI=1S/C10H12N4O4S/c15-1-3-7(16)8(17)9(18-3)5-4-6(14-13-5)10(19)12-2-11-4/h2-3,7-9,15-17H,1H2,(H,13,14)(H,11,12,19)/t3-,7-,8-,9+/m1/s1. The van der Waals surface area contributed by atoms with Gasteiger partial charge in [0.2, 0.25) is 0 Å². The summed E-state index contributed by atoms with van der Waals surface area (Å²) in [6.45, 7) is -0.377. The molecule has 0 bridgehead atoms. The number of aromatic nitrogens is 4. The van der Waals surface area contributed by atoms with Gasteiger partial charge in [-0.3, -0.25) is 5.10 Å². The van der Waals surface area contributed by atoms with Crippen LogP contribution < -0.4 is 0 Å². The van der Waals surface area contributed by atoms with E-state index in [2.05, 4.69) is 20.2 Å². The molecule has 1 aliphatic rings. The summed E-state index contributed by atoms with van der Waals surface area (Å²) in [4.78, 5) is 6.78. The van der Waals surface area contributed by atoms with Crippen LogP contribution in [0, 0.1) is 4.64 Å². The molecule has 0 aliphatic carbocycles. The van der Waals surface area contributed by atoms with Crippen molar-refractivity contribution >= 4 is 23.3 Å². The van der Waals surface area contributed by atoms with Gasteiger partial charge in [-0.15, -0.1) is 0 Å². The van der Waals surface area contributed by atoms with Crippen LogP contribution in [0.1, 0.15) is 11.8 Å². The average molecular weight is 284 g/mol. The second kappa shape index (κ2) is 4.62. The number of aromatic amines is 2. The molecule has 1 fully saturated rings. The molecule has 0 aromatic carbocycles. The zero-order chi connectivity index (χ0) is 13.6. The van der Waals surface area contributed by atoms with Crippen molar-refractivity contribution in [1.82, 2.24) is 20.2 Å². The largest absolute Gasteiger partial charge is 0.394 e. The molecule has 2 aromatic rings. The van der Waals surface area contributed by atoms with Crippen molar-refractivity contribution in [3.8, 4) is 0 Å². The van der Waals surface area contributed by atoms with Crippen molar-refractivity contribution in [2.24, 2.45) is 0 Å². The van der Waals surface area contributed by atoms with Gasteiger partial charge in [-0.1, -0.05) is 12.2 Å². The number of fused-ring (bicyclic) bond motifs is 1. The Hall–Kier alpha value is -1.39. The molecule has 0 saturated carbocycles. The van der Waals surface area contributed by atoms with Crippen LogP contribution >= 0.6 is 12.2 Å². The van der Waals surface area contributed by atoms with Gasteiger partial charge in [-0.05, 0) is 0 Å². The molecular formula is C10H12N4O4S. The van der Waals surface area contributed by atoms with E-state index >= 15 is 0 Å². The lowest BCUT2D eigenvalue weighted by Gasteiger charge is -2.12. The fourth-order valence-electron chi connectivity index (χ4n) is 2.22. The molecule has 3 heterocycles. The van der Waals surface area contributed by atoms with E-state index in [0.29, 0.717) is 21.4 Å². The van der Waals surface area contributed by atoms with Crippen molar-refractivity contribution in [2.45, 2.75) is 24.4 Å². The fraction of sp³-hybridized carbons (Fsp3) is 0.500. The fourth-order valence-corrected chi connectivity index (χ4v) is 2.42. The van der Waals surface area contributed by atoms with Gasteiger partial charge in [0.05, 0.1) is 24.1 Å². The SMILES string of the molecule is OC[C@H]1O[C@@H](c2[nH]nc3c(=S)nc[nH]c23)[C@H](O)[C@@H]1O. The molecule has 0 radical (unpaired) electrons. The number of hydrogen-bond donors (Lipinski definition) is 5. The third-order valence-corrected chi connectivity index (χ3v) is 3.51. The van der Waals surface area contributed by atoms with Gasteiger partial charge in [-0.2, -0.15) is 5.10 Å². The van der Waals surface area contributed by atoms with Crippen molar-refractivity contribution in [3.05, 3.63) is 16.7 Å². The summed E-state index contributed by atoms with van der Waals surface area (Å²) in [6.07, 6.45) is -2.53. The maximum atomic E-state index is 9.97. The topological polar surface area (TPSA) is 127 Å². The molecule has 0 amide bonds. The number of aliphatic hydroxyl groups is 3. The van der Waals surface area contributed by atoms with Crippen LogP contribution in [0.2, 0.25) is 0 Å². The zero-order valence-corrected chi connectivity index (χ0v) is 10.5. The van der Waals surface area contributed by atoms with Crippen molar-refractivity contribution in [2.75, 3.05) is 6.61 Å². The summed E-state index contributed by atoms with van der Waals surface area (Å²) < 4.78 is 5.75. The summed E-state index contributed by atoms with van der Waals surface area (Å²) in [5, 5.41) is 35.5. The minimum Gasteiger partial charge on any atom is -0.394 e. The first-order valence-electron chi connectivity index (χ1n) is 5.67. The molecular weight excluding hydrogens is 272 g/mol. The Morgan fingerprint density at radius 3 is 2.84 bits per heavy atom. The smallest absolute Gasteiger partial charge is 0.157 e. The molecule has 9 heteroatoms. The molecule has 8 nitrogen and oxygen atoms in total. The molecule has 102 valence electrons. The van der Waals surface area contributed by atoms with Gasteiger partial charge >= 0.3 is 0 Å². The van der Waals surface area contributed by atoms with E-state index in [1.807, 2.05) is 0 Å². The molecule has 0 spiro atoms. The predicted molar refractivity (Wildman–Crippen MR) is 65.8 cm³/mol. The lowest BCUT2D eigenvalue weighted by atomic mass is 10.1. The van der Waals surface area contributed by atoms with E-state index in [1.54, 1.807) is 0 Å². The monoisotopic (exact) mass is 284 g/mol. The second-order valence-corrected chi connectivity index (χ2v) is 4.71. The number of hydrogen-bond acceptors (Lipinski definition) is 7. The van der Waals surface area contributed by atoms with Gasteiger partial charge in [0.1, 0.15) is 29.9 Å². The first kappa shape index (κ1) is 12.6. The van der Waals surface area contributed by atoms with E-state index in [1.165, 1.54) is 6.33 Å². The summed E-state index contributed by atoms with van der Waals surface area (Å²) in [6, 6.07) is 0. The number of H-pyrrole nitrogens is 2. The van der Waals surface area contributed by atoms with E-state index in [-0.39, 0.29) is 6.61 Å². The molecule has 5 N–H and O–H groups in total. The summed E-state index contributed by atoms with van der Waals surface area (Å²) in [7, 11) is 0. The highest BCUT2D eigenvalue weighted by atomic mass is 32.1. The first-order chi connectivity index (χ1) is 9.13. The van der Waals surface area contributed by atoms with Crippen LogP contribution in [0.3, 0.4) is 0 Å². The second-order valence-electron chi connectivity index (χ2n) is 4.33. The number of nitrogens with zero attached hydrogens (tertiary/aromatic N) is 2. The first-order valence-corrected chi connectivity index (χ1v) is 6.08. The third-order valence-electron chi connectivity index (χ3n) is 3.21. The average Bonchev–Trinajstić information content (AvgIpc) is 2.94. The van der Waals surface area contributed by atoms with E-state index in [0.717, 1.165) is 0 Å². The van der Waals surface area contributed by atoms with Gasteiger partial charge in [0, 0.05) is 0 Å². The highest BCUT2D eigenvalue weighted by Crippen LogP contribution is 2.34. The van der Waals surface area contributed by atoms with Crippen molar-refractivity contribution < 1.29 is 20.1 Å². The van der Waals surface area contributed by atoms with Crippen molar-refractivity contribution in [3.63, 3.8) is 0 Å². The number of rotatable bonds is 2. The van der Waals surface area contributed by atoms with E-state index < -0.39 is 24.4 Å². The Kier molecular flexibility index (Phi) is 3.07. The summed E-state index contributed by atoms with van der Waals surface area (Å²) in [5.74, 6) is 0. The molecule has 3 rings (SSSR count). The lowest BCUT2D eigenvalue weighted by molar-refractivity contribution is -0.0236. The number of ether oxygens (including phenoxy) is 1. The summed E-state index contributed by atoms with van der Waals surface area (Å²) in [5.41, 5.74) is 1.49. The third kappa shape index (κ3) is 1.86. The maximum absolute atomic E-state index is 9.97. The molecule has 4 atom stereocenters. The molecule has 19 heavy (non-hydrogen) atoms. The summed E-state index contributed by atoms with van der Waals surface area (Å²) >= 11 is 5.03. The van der Waals surface area contributed by atoms with Crippen LogP contribution in [-0.2, 0) is 4.74 Å². The van der Waals surface area contributed by atoms with E-state index in [4.69, 9.17) is 22.1 Å². The molecule has 1 saturated heterocycles. The van der Waals surface area contributed by atoms with Crippen LogP contribution in [-0.4, -0.2) is 60.4 Å². The Morgan fingerprint density at radius 2 is 2.16 bits per heavy atom. The maximum Gasteiger partial charge on any atom is 0.157 e. The molecule has 1 aliphatic heterocycles. The number of nitrogens with one attached hydrogen (secondary N) is 2. The van der Waals surface area contributed by atoms with Gasteiger partial charge < -0.3 is 25.0 Å². The quantitative estimate of drug-likeness (QED) is 0.455. The lowest BCUT2D eigenvalue weighted by Crippen LogP contribution is -2.32. The Bertz CT molecular complexity index is 656. The van der Waals surface area contributed by atoms with Crippen LogP contribution in [0.5, 0.6) is 0 Å². The molecule has 0 unspecified atom stereocenters. The van der Waals surface area contributed by atoms with Crippen LogP contribution in [0.4, 0.5) is 0 Å². The van der Waals surface area contributed by atoms with Crippen LogP contribution in [0.15, 0.2) is 6.33 Å². The number of aliphatic hydroxyl groups excluding tert-OH is 3. The highest BCUT2D eigenvalue weighted by Gasteiger charge is 2.44. The Labute approximate surface area is 112 Å². The highest BCUT2D eigenvalue weighted by molar-refractivity contribution is 7.71. The van der Waals surface area contributed by atoms with Crippen LogP contribution in [0.25, 0.3) is 11.0 Å². The molecule has 2 aromatic heterocycles. The van der Waals surface area contributed by atoms with Gasteiger partial charge in [-0.25, -0.2) is 4.98 Å². The van der Waals surface area contributed by atoms with Gasteiger partial charge in [0.25, 0.3) is 0 Å². The van der Waals surface area contributed by atoms with Crippen molar-refractivity contribution in [1.29, 1.82) is 0 Å². The minimum atomic E-state index is -1.16. The minimum absolute atomic E-state index is 0.322. The Morgan fingerprint density at radius 1 is 1.37 bits per heavy atom. The Balaban J connectivity index is 2.06. The van der Waals surface area contributed by atoms with Gasteiger partial charge in [0.15, 0.2) is 4.64 Å². The predicted octanol–water partition coefficient (Wildman–Crippen LogP) is -0.831. The zero-order valence-electron chi connectivity index (χ0n) is 9.65. The normalized spacial score (nSPS) is 31.1. The van der Waals surface area contributed by atoms with E-state index in [9.17, 15) is 10.2 Å².